The monoisotopic (exact) mass is 337 g/mol. The number of rotatable bonds is 4. The minimum absolute atomic E-state index is 0.00421. The Morgan fingerprint density at radius 1 is 1.35 bits per heavy atom. The van der Waals surface area contributed by atoms with Gasteiger partial charge in [0, 0.05) is 7.05 Å². The minimum atomic E-state index is -3.91. The molecule has 1 atom stereocenters. The fraction of sp³-hybridized carbons (Fsp3) is 0.417. The quantitative estimate of drug-likeness (QED) is 0.788. The van der Waals surface area contributed by atoms with Crippen molar-refractivity contribution in [3.63, 3.8) is 0 Å². The van der Waals surface area contributed by atoms with Gasteiger partial charge in [-0.15, -0.1) is 23.2 Å². The standard InChI is InChI=1S/C12H13Cl2NO4S/c1-15(11(16)10-7-12(10,13)14)20(17,18)9-5-3-8(19-2)4-6-9/h3-6,10H,7H2,1-2H3. The van der Waals surface area contributed by atoms with Crippen molar-refractivity contribution in [2.24, 2.45) is 5.92 Å². The average molecular weight is 338 g/mol. The number of carbonyl (C=O) groups is 1. The summed E-state index contributed by atoms with van der Waals surface area (Å²) in [4.78, 5) is 12.0. The smallest absolute Gasteiger partial charge is 0.266 e. The molecule has 0 saturated heterocycles. The van der Waals surface area contributed by atoms with E-state index in [1.54, 1.807) is 0 Å². The Balaban J connectivity index is 2.23. The molecule has 20 heavy (non-hydrogen) atoms. The van der Waals surface area contributed by atoms with E-state index in [1.165, 1.54) is 38.4 Å². The van der Waals surface area contributed by atoms with E-state index < -0.39 is 26.2 Å². The van der Waals surface area contributed by atoms with E-state index >= 15 is 0 Å². The first kappa shape index (κ1) is 15.4. The summed E-state index contributed by atoms with van der Waals surface area (Å²) in [6, 6.07) is 5.77. The Hall–Kier alpha value is -0.980. The Kier molecular flexibility index (Phi) is 3.92. The molecule has 1 fully saturated rings. The number of sulfonamides is 1. The first-order valence-corrected chi connectivity index (χ1v) is 7.94. The molecule has 1 saturated carbocycles. The van der Waals surface area contributed by atoms with Crippen LogP contribution in [0, 0.1) is 5.92 Å². The number of benzene rings is 1. The molecule has 0 aliphatic heterocycles. The van der Waals surface area contributed by atoms with Gasteiger partial charge in [0.25, 0.3) is 10.0 Å². The lowest BCUT2D eigenvalue weighted by molar-refractivity contribution is -0.126. The molecule has 8 heteroatoms. The van der Waals surface area contributed by atoms with Gasteiger partial charge >= 0.3 is 0 Å². The summed E-state index contributed by atoms with van der Waals surface area (Å²) in [5.74, 6) is -0.754. The number of halogens is 2. The summed E-state index contributed by atoms with van der Waals surface area (Å²) in [5.41, 5.74) is 0. The zero-order valence-electron chi connectivity index (χ0n) is 10.8. The lowest BCUT2D eigenvalue weighted by atomic mass is 10.3. The molecule has 110 valence electrons. The van der Waals surface area contributed by atoms with Crippen molar-refractivity contribution in [1.82, 2.24) is 4.31 Å². The Morgan fingerprint density at radius 2 is 1.85 bits per heavy atom. The summed E-state index contributed by atoms with van der Waals surface area (Å²) in [6.07, 6.45) is 0.261. The predicted octanol–water partition coefficient (Wildman–Crippen LogP) is 2.04. The number of hydrogen-bond donors (Lipinski definition) is 0. The molecule has 2 rings (SSSR count). The highest BCUT2D eigenvalue weighted by Gasteiger charge is 2.58. The maximum absolute atomic E-state index is 12.3. The number of alkyl halides is 2. The minimum Gasteiger partial charge on any atom is -0.497 e. The van der Waals surface area contributed by atoms with E-state index in [2.05, 4.69) is 0 Å². The molecular formula is C12H13Cl2NO4S. The molecule has 0 radical (unpaired) electrons. The first-order valence-electron chi connectivity index (χ1n) is 5.75. The van der Waals surface area contributed by atoms with Crippen LogP contribution < -0.4 is 4.74 Å². The van der Waals surface area contributed by atoms with Crippen LogP contribution in [0.1, 0.15) is 6.42 Å². The third-order valence-corrected chi connectivity index (χ3v) is 5.76. The van der Waals surface area contributed by atoms with Crippen LogP contribution in [-0.4, -0.2) is 37.1 Å². The molecule has 1 aliphatic rings. The molecule has 0 heterocycles. The largest absolute Gasteiger partial charge is 0.497 e. The van der Waals surface area contributed by atoms with Gasteiger partial charge in [-0.25, -0.2) is 12.7 Å². The molecule has 0 aromatic heterocycles. The molecule has 0 N–H and O–H groups in total. The van der Waals surface area contributed by atoms with Gasteiger partial charge < -0.3 is 4.74 Å². The number of nitrogens with zero attached hydrogens (tertiary/aromatic N) is 1. The van der Waals surface area contributed by atoms with Crippen LogP contribution in [0.4, 0.5) is 0 Å². The average Bonchev–Trinajstić information content (AvgIpc) is 3.06. The van der Waals surface area contributed by atoms with Gasteiger partial charge in [-0.2, -0.15) is 0 Å². The molecule has 1 amide bonds. The first-order chi connectivity index (χ1) is 9.20. The summed E-state index contributed by atoms with van der Waals surface area (Å²) in [6.45, 7) is 0. The summed E-state index contributed by atoms with van der Waals surface area (Å²) in [5, 5.41) is 0. The normalized spacial score (nSPS) is 20.3. The van der Waals surface area contributed by atoms with Crippen LogP contribution in [0.2, 0.25) is 0 Å². The highest BCUT2D eigenvalue weighted by atomic mass is 35.5. The molecule has 0 bridgehead atoms. The van der Waals surface area contributed by atoms with Crippen molar-refractivity contribution in [2.45, 2.75) is 15.6 Å². The zero-order chi connectivity index (χ0) is 15.1. The number of carbonyl (C=O) groups excluding carboxylic acids is 1. The Labute approximate surface area is 127 Å². The highest BCUT2D eigenvalue weighted by molar-refractivity contribution is 7.89. The SMILES string of the molecule is COc1ccc(S(=O)(=O)N(C)C(=O)C2CC2(Cl)Cl)cc1. The van der Waals surface area contributed by atoms with Crippen LogP contribution in [0.5, 0.6) is 5.75 Å². The maximum atomic E-state index is 12.3. The summed E-state index contributed by atoms with van der Waals surface area (Å²) < 4.78 is 29.1. The van der Waals surface area contributed by atoms with Crippen molar-refractivity contribution >= 4 is 39.1 Å². The molecule has 5 nitrogen and oxygen atoms in total. The lowest BCUT2D eigenvalue weighted by Gasteiger charge is -2.18. The summed E-state index contributed by atoms with van der Waals surface area (Å²) >= 11 is 11.6. The van der Waals surface area contributed by atoms with E-state index in [0.717, 1.165) is 0 Å². The lowest BCUT2D eigenvalue weighted by Crippen LogP contribution is -2.35. The third-order valence-electron chi connectivity index (χ3n) is 3.15. The van der Waals surface area contributed by atoms with Crippen LogP contribution in [-0.2, 0) is 14.8 Å². The number of methoxy groups -OCH3 is 1. The van der Waals surface area contributed by atoms with E-state index in [4.69, 9.17) is 27.9 Å². The number of ether oxygens (including phenoxy) is 1. The van der Waals surface area contributed by atoms with Crippen LogP contribution in [0.3, 0.4) is 0 Å². The van der Waals surface area contributed by atoms with Crippen LogP contribution in [0.15, 0.2) is 29.2 Å². The van der Waals surface area contributed by atoms with Gasteiger partial charge in [-0.1, -0.05) is 0 Å². The van der Waals surface area contributed by atoms with E-state index in [-0.39, 0.29) is 11.3 Å². The van der Waals surface area contributed by atoms with E-state index in [0.29, 0.717) is 10.1 Å². The van der Waals surface area contributed by atoms with Crippen LogP contribution in [0.25, 0.3) is 0 Å². The third kappa shape index (κ3) is 2.73. The van der Waals surface area contributed by atoms with Gasteiger partial charge in [-0.05, 0) is 30.7 Å². The topological polar surface area (TPSA) is 63.7 Å². The second-order valence-corrected chi connectivity index (χ2v) is 8.02. The van der Waals surface area contributed by atoms with Gasteiger partial charge in [-0.3, -0.25) is 4.79 Å². The molecule has 1 aromatic rings. The fourth-order valence-electron chi connectivity index (χ4n) is 1.72. The second kappa shape index (κ2) is 5.09. The molecular weight excluding hydrogens is 325 g/mol. The van der Waals surface area contributed by atoms with Crippen molar-refractivity contribution in [1.29, 1.82) is 0 Å². The maximum Gasteiger partial charge on any atom is 0.266 e. The number of amides is 1. The van der Waals surface area contributed by atoms with Gasteiger partial charge in [0.2, 0.25) is 5.91 Å². The van der Waals surface area contributed by atoms with Crippen molar-refractivity contribution in [3.05, 3.63) is 24.3 Å². The number of hydrogen-bond acceptors (Lipinski definition) is 4. The fourth-order valence-corrected chi connectivity index (χ4v) is 3.38. The molecule has 1 aliphatic carbocycles. The van der Waals surface area contributed by atoms with Crippen molar-refractivity contribution in [2.75, 3.05) is 14.2 Å². The molecule has 1 aromatic carbocycles. The van der Waals surface area contributed by atoms with Crippen molar-refractivity contribution < 1.29 is 17.9 Å². The van der Waals surface area contributed by atoms with Gasteiger partial charge in [0.1, 0.15) is 10.1 Å². The molecule has 0 spiro atoms. The summed E-state index contributed by atoms with van der Waals surface area (Å²) in [7, 11) is -1.23. The second-order valence-electron chi connectivity index (χ2n) is 4.50. The van der Waals surface area contributed by atoms with Gasteiger partial charge in [0.05, 0.1) is 17.9 Å². The van der Waals surface area contributed by atoms with E-state index in [1.807, 2.05) is 0 Å². The highest BCUT2D eigenvalue weighted by Crippen LogP contribution is 2.54. The predicted molar refractivity (Wildman–Crippen MR) is 75.5 cm³/mol. The Bertz CT molecular complexity index is 627. The van der Waals surface area contributed by atoms with Crippen LogP contribution >= 0.6 is 23.2 Å². The van der Waals surface area contributed by atoms with E-state index in [9.17, 15) is 13.2 Å². The van der Waals surface area contributed by atoms with Gasteiger partial charge in [0.15, 0.2) is 0 Å². The zero-order valence-corrected chi connectivity index (χ0v) is 13.2. The Morgan fingerprint density at radius 3 is 2.25 bits per heavy atom. The van der Waals surface area contributed by atoms with Crippen molar-refractivity contribution in [3.8, 4) is 5.75 Å². The molecule has 1 unspecified atom stereocenters.